The summed E-state index contributed by atoms with van der Waals surface area (Å²) in [6.45, 7) is 7.15. The van der Waals surface area contributed by atoms with Gasteiger partial charge in [0.2, 0.25) is 0 Å². The maximum atomic E-state index is 12.6. The van der Waals surface area contributed by atoms with Crippen LogP contribution in [0.2, 0.25) is 0 Å². The van der Waals surface area contributed by atoms with E-state index in [1.165, 1.54) is 0 Å². The molecular formula is C11H22F2N2. The van der Waals surface area contributed by atoms with Crippen LogP contribution < -0.4 is 5.32 Å². The molecule has 0 amide bonds. The average Bonchev–Trinajstić information content (AvgIpc) is 2.14. The van der Waals surface area contributed by atoms with Gasteiger partial charge < -0.3 is 10.2 Å². The molecule has 0 bridgehead atoms. The first kappa shape index (κ1) is 12.8. The van der Waals surface area contributed by atoms with E-state index < -0.39 is 5.92 Å². The van der Waals surface area contributed by atoms with Gasteiger partial charge in [-0.15, -0.1) is 0 Å². The van der Waals surface area contributed by atoms with Crippen LogP contribution >= 0.6 is 0 Å². The fraction of sp³-hybridized carbons (Fsp3) is 1.00. The van der Waals surface area contributed by atoms with E-state index in [2.05, 4.69) is 24.1 Å². The van der Waals surface area contributed by atoms with Gasteiger partial charge in [-0.3, -0.25) is 0 Å². The van der Waals surface area contributed by atoms with Crippen molar-refractivity contribution in [3.63, 3.8) is 0 Å². The molecule has 1 aliphatic rings. The normalized spacial score (nSPS) is 21.2. The van der Waals surface area contributed by atoms with Gasteiger partial charge in [-0.05, 0) is 39.8 Å². The van der Waals surface area contributed by atoms with Crippen molar-refractivity contribution in [2.24, 2.45) is 0 Å². The standard InChI is InChI=1S/C11H22F2N2/c1-9(2)15-6-4-10(5-7-15)14-8-11(3,12)13/h9-10,14H,4-8H2,1-3H3. The van der Waals surface area contributed by atoms with Crippen LogP contribution in [0.5, 0.6) is 0 Å². The van der Waals surface area contributed by atoms with Crippen LogP contribution in [-0.4, -0.2) is 42.5 Å². The van der Waals surface area contributed by atoms with Crippen molar-refractivity contribution in [1.82, 2.24) is 10.2 Å². The van der Waals surface area contributed by atoms with Crippen molar-refractivity contribution in [3.8, 4) is 0 Å². The minimum absolute atomic E-state index is 0.195. The van der Waals surface area contributed by atoms with Crippen LogP contribution in [0.15, 0.2) is 0 Å². The summed E-state index contributed by atoms with van der Waals surface area (Å²) in [5, 5.41) is 2.94. The van der Waals surface area contributed by atoms with Crippen molar-refractivity contribution in [2.75, 3.05) is 19.6 Å². The van der Waals surface area contributed by atoms with E-state index in [0.29, 0.717) is 6.04 Å². The molecule has 1 aliphatic heterocycles. The second kappa shape index (κ2) is 5.21. The molecule has 0 radical (unpaired) electrons. The Balaban J connectivity index is 2.20. The van der Waals surface area contributed by atoms with E-state index in [9.17, 15) is 8.78 Å². The zero-order valence-corrected chi connectivity index (χ0v) is 9.89. The van der Waals surface area contributed by atoms with Crippen LogP contribution in [0.1, 0.15) is 33.6 Å². The molecule has 0 aromatic carbocycles. The Morgan fingerprint density at radius 3 is 2.27 bits per heavy atom. The number of nitrogens with zero attached hydrogens (tertiary/aromatic N) is 1. The SMILES string of the molecule is CC(C)N1CCC(NCC(C)(F)F)CC1. The lowest BCUT2D eigenvalue weighted by Crippen LogP contribution is -2.47. The molecule has 2 nitrogen and oxygen atoms in total. The third-order valence-corrected chi connectivity index (χ3v) is 2.96. The maximum Gasteiger partial charge on any atom is 0.257 e. The molecule has 0 unspecified atom stereocenters. The van der Waals surface area contributed by atoms with Crippen molar-refractivity contribution in [3.05, 3.63) is 0 Å². The molecule has 0 atom stereocenters. The Hall–Kier alpha value is -0.220. The summed E-state index contributed by atoms with van der Waals surface area (Å²) < 4.78 is 25.2. The summed E-state index contributed by atoms with van der Waals surface area (Å²) in [6, 6.07) is 0.837. The van der Waals surface area contributed by atoms with Crippen LogP contribution in [0.3, 0.4) is 0 Å². The molecule has 0 aromatic heterocycles. The van der Waals surface area contributed by atoms with E-state index >= 15 is 0 Å². The zero-order valence-electron chi connectivity index (χ0n) is 9.89. The summed E-state index contributed by atoms with van der Waals surface area (Å²) in [5.74, 6) is -2.59. The van der Waals surface area contributed by atoms with Gasteiger partial charge in [-0.1, -0.05) is 0 Å². The third kappa shape index (κ3) is 4.89. The molecule has 1 fully saturated rings. The largest absolute Gasteiger partial charge is 0.308 e. The minimum Gasteiger partial charge on any atom is -0.308 e. The summed E-state index contributed by atoms with van der Waals surface area (Å²) >= 11 is 0. The molecule has 15 heavy (non-hydrogen) atoms. The van der Waals surface area contributed by atoms with Gasteiger partial charge in [0.05, 0.1) is 6.54 Å². The monoisotopic (exact) mass is 220 g/mol. The molecule has 1 saturated heterocycles. The Morgan fingerprint density at radius 1 is 1.33 bits per heavy atom. The Labute approximate surface area is 91.0 Å². The molecule has 0 aliphatic carbocycles. The number of piperidine rings is 1. The molecular weight excluding hydrogens is 198 g/mol. The molecule has 1 N–H and O–H groups in total. The van der Waals surface area contributed by atoms with Gasteiger partial charge in [0, 0.05) is 19.0 Å². The van der Waals surface area contributed by atoms with E-state index in [-0.39, 0.29) is 12.6 Å². The first-order valence-electron chi connectivity index (χ1n) is 5.74. The van der Waals surface area contributed by atoms with Crippen LogP contribution in [0, 0.1) is 0 Å². The van der Waals surface area contributed by atoms with Crippen molar-refractivity contribution < 1.29 is 8.78 Å². The molecule has 90 valence electrons. The van der Waals surface area contributed by atoms with E-state index in [1.54, 1.807) is 0 Å². The quantitative estimate of drug-likeness (QED) is 0.780. The highest BCUT2D eigenvalue weighted by molar-refractivity contribution is 4.80. The Morgan fingerprint density at radius 2 is 1.87 bits per heavy atom. The van der Waals surface area contributed by atoms with Gasteiger partial charge in [-0.25, -0.2) is 8.78 Å². The number of hydrogen-bond acceptors (Lipinski definition) is 2. The topological polar surface area (TPSA) is 15.3 Å². The zero-order chi connectivity index (χ0) is 11.5. The highest BCUT2D eigenvalue weighted by Crippen LogP contribution is 2.15. The predicted molar refractivity (Wildman–Crippen MR) is 58.4 cm³/mol. The van der Waals surface area contributed by atoms with E-state index in [0.717, 1.165) is 32.9 Å². The van der Waals surface area contributed by atoms with Crippen molar-refractivity contribution in [2.45, 2.75) is 51.6 Å². The van der Waals surface area contributed by atoms with Gasteiger partial charge in [0.25, 0.3) is 5.92 Å². The Kier molecular flexibility index (Phi) is 4.46. The number of nitrogens with one attached hydrogen (secondary N) is 1. The van der Waals surface area contributed by atoms with Crippen molar-refractivity contribution >= 4 is 0 Å². The van der Waals surface area contributed by atoms with Crippen molar-refractivity contribution in [1.29, 1.82) is 0 Å². The first-order chi connectivity index (χ1) is 6.88. The fourth-order valence-corrected chi connectivity index (χ4v) is 1.94. The smallest absolute Gasteiger partial charge is 0.257 e. The van der Waals surface area contributed by atoms with Crippen LogP contribution in [0.4, 0.5) is 8.78 Å². The van der Waals surface area contributed by atoms with Gasteiger partial charge in [0.1, 0.15) is 0 Å². The molecule has 0 spiro atoms. The minimum atomic E-state index is -2.59. The number of hydrogen-bond donors (Lipinski definition) is 1. The summed E-state index contributed by atoms with van der Waals surface area (Å²) in [7, 11) is 0. The number of halogens is 2. The second-order valence-electron chi connectivity index (χ2n) is 4.86. The molecule has 1 rings (SSSR count). The third-order valence-electron chi connectivity index (χ3n) is 2.96. The van der Waals surface area contributed by atoms with E-state index in [4.69, 9.17) is 0 Å². The molecule has 4 heteroatoms. The van der Waals surface area contributed by atoms with Gasteiger partial charge in [-0.2, -0.15) is 0 Å². The molecule has 0 aromatic rings. The lowest BCUT2D eigenvalue weighted by molar-refractivity contribution is 0.0167. The van der Waals surface area contributed by atoms with Gasteiger partial charge in [0.15, 0.2) is 0 Å². The second-order valence-corrected chi connectivity index (χ2v) is 4.86. The van der Waals surface area contributed by atoms with Gasteiger partial charge >= 0.3 is 0 Å². The lowest BCUT2D eigenvalue weighted by Gasteiger charge is -2.35. The maximum absolute atomic E-state index is 12.6. The van der Waals surface area contributed by atoms with E-state index in [1.807, 2.05) is 0 Å². The summed E-state index contributed by atoms with van der Waals surface area (Å²) in [4.78, 5) is 2.39. The number of rotatable bonds is 4. The highest BCUT2D eigenvalue weighted by Gasteiger charge is 2.25. The molecule has 0 saturated carbocycles. The highest BCUT2D eigenvalue weighted by atomic mass is 19.3. The predicted octanol–water partition coefficient (Wildman–Crippen LogP) is 2.10. The van der Waals surface area contributed by atoms with Crippen LogP contribution in [0.25, 0.3) is 0 Å². The van der Waals surface area contributed by atoms with Crippen LogP contribution in [-0.2, 0) is 0 Å². The Bertz CT molecular complexity index is 182. The molecule has 1 heterocycles. The lowest BCUT2D eigenvalue weighted by atomic mass is 10.0. The summed E-state index contributed by atoms with van der Waals surface area (Å²) in [5.41, 5.74) is 0. The average molecular weight is 220 g/mol. The number of likely N-dealkylation sites (tertiary alicyclic amines) is 1. The first-order valence-corrected chi connectivity index (χ1v) is 5.74. The number of alkyl halides is 2. The fourth-order valence-electron chi connectivity index (χ4n) is 1.94. The summed E-state index contributed by atoms with van der Waals surface area (Å²) in [6.07, 6.45) is 1.96.